The van der Waals surface area contributed by atoms with Gasteiger partial charge in [0.2, 0.25) is 11.9 Å². The first kappa shape index (κ1) is 22.0. The quantitative estimate of drug-likeness (QED) is 0.446. The van der Waals surface area contributed by atoms with Gasteiger partial charge < -0.3 is 29.0 Å². The number of piperazine rings is 1. The standard InChI is InChI=1S/C23H25ClN8O2/c1-25-22-26-14-27-23(29-22)31-8-6-30(7-9-31)15-4-5-32-13-18(28-21(32)10-15)16-11-17(24)20(34-3)12-19(16)33-2/h4-5,10-14H,6-9H2,1-3H3,(H,25,26,27,29). The summed E-state index contributed by atoms with van der Waals surface area (Å²) in [5.41, 5.74) is 3.56. The molecule has 0 amide bonds. The molecule has 0 unspecified atom stereocenters. The van der Waals surface area contributed by atoms with Gasteiger partial charge in [0.05, 0.1) is 24.9 Å². The number of methoxy groups -OCH3 is 2. The van der Waals surface area contributed by atoms with Gasteiger partial charge in [-0.25, -0.2) is 15.0 Å². The van der Waals surface area contributed by atoms with E-state index < -0.39 is 0 Å². The van der Waals surface area contributed by atoms with Crippen molar-refractivity contribution in [2.75, 3.05) is 62.6 Å². The molecule has 4 aromatic rings. The number of halogens is 1. The van der Waals surface area contributed by atoms with Crippen LogP contribution in [-0.4, -0.2) is 71.8 Å². The molecule has 1 aromatic carbocycles. The lowest BCUT2D eigenvalue weighted by molar-refractivity contribution is 0.395. The summed E-state index contributed by atoms with van der Waals surface area (Å²) in [6.45, 7) is 3.34. The minimum absolute atomic E-state index is 0.508. The average molecular weight is 481 g/mol. The fourth-order valence-corrected chi connectivity index (χ4v) is 4.32. The summed E-state index contributed by atoms with van der Waals surface area (Å²) in [6, 6.07) is 7.80. The third kappa shape index (κ3) is 4.12. The molecule has 5 rings (SSSR count). The maximum Gasteiger partial charge on any atom is 0.230 e. The zero-order valence-corrected chi connectivity index (χ0v) is 20.0. The molecule has 11 heteroatoms. The molecule has 3 aromatic heterocycles. The molecule has 0 bridgehead atoms. The molecule has 4 heterocycles. The number of aromatic nitrogens is 5. The van der Waals surface area contributed by atoms with E-state index in [2.05, 4.69) is 42.2 Å². The Morgan fingerprint density at radius 3 is 2.44 bits per heavy atom. The summed E-state index contributed by atoms with van der Waals surface area (Å²) >= 11 is 6.37. The number of nitrogens with one attached hydrogen (secondary N) is 1. The Hall–Kier alpha value is -3.79. The number of fused-ring (bicyclic) bond motifs is 1. The molecule has 1 saturated heterocycles. The van der Waals surface area contributed by atoms with Crippen molar-refractivity contribution in [3.63, 3.8) is 0 Å². The van der Waals surface area contributed by atoms with Gasteiger partial charge in [0.25, 0.3) is 0 Å². The third-order valence-electron chi connectivity index (χ3n) is 5.90. The summed E-state index contributed by atoms with van der Waals surface area (Å²) < 4.78 is 12.9. The van der Waals surface area contributed by atoms with Gasteiger partial charge in [0.15, 0.2) is 0 Å². The highest BCUT2D eigenvalue weighted by atomic mass is 35.5. The molecule has 176 valence electrons. The monoisotopic (exact) mass is 480 g/mol. The molecule has 0 atom stereocenters. The number of anilines is 3. The largest absolute Gasteiger partial charge is 0.496 e. The highest BCUT2D eigenvalue weighted by Gasteiger charge is 2.21. The lowest BCUT2D eigenvalue weighted by atomic mass is 10.1. The van der Waals surface area contributed by atoms with Crippen LogP contribution in [0.1, 0.15) is 0 Å². The number of pyridine rings is 1. The van der Waals surface area contributed by atoms with E-state index in [0.717, 1.165) is 48.8 Å². The second-order valence-electron chi connectivity index (χ2n) is 7.80. The first-order chi connectivity index (χ1) is 16.6. The van der Waals surface area contributed by atoms with Crippen LogP contribution in [0, 0.1) is 0 Å². The van der Waals surface area contributed by atoms with Gasteiger partial charge in [0, 0.05) is 69.0 Å². The molecular formula is C23H25ClN8O2. The summed E-state index contributed by atoms with van der Waals surface area (Å²) in [5.74, 6) is 2.48. The fourth-order valence-electron chi connectivity index (χ4n) is 4.08. The number of rotatable bonds is 6. The second kappa shape index (κ2) is 9.22. The van der Waals surface area contributed by atoms with Crippen LogP contribution in [0.15, 0.2) is 43.0 Å². The van der Waals surface area contributed by atoms with Gasteiger partial charge in [-0.05, 0) is 12.1 Å². The summed E-state index contributed by atoms with van der Waals surface area (Å²) in [5, 5.41) is 3.47. The van der Waals surface area contributed by atoms with E-state index in [-0.39, 0.29) is 0 Å². The van der Waals surface area contributed by atoms with Crippen LogP contribution in [-0.2, 0) is 0 Å². The van der Waals surface area contributed by atoms with Crippen molar-refractivity contribution in [2.24, 2.45) is 0 Å². The topological polar surface area (TPSA) is 92.9 Å². The molecule has 0 saturated carbocycles. The number of benzene rings is 1. The summed E-state index contributed by atoms with van der Waals surface area (Å²) in [6.07, 6.45) is 5.53. The van der Waals surface area contributed by atoms with Crippen LogP contribution < -0.4 is 24.6 Å². The minimum Gasteiger partial charge on any atom is -0.496 e. The smallest absolute Gasteiger partial charge is 0.230 e. The first-order valence-corrected chi connectivity index (χ1v) is 11.2. The predicted molar refractivity (Wildman–Crippen MR) is 133 cm³/mol. The Bertz CT molecular complexity index is 1320. The number of ether oxygens (including phenoxy) is 2. The van der Waals surface area contributed by atoms with E-state index in [1.807, 2.05) is 22.9 Å². The summed E-state index contributed by atoms with van der Waals surface area (Å²) in [4.78, 5) is 22.2. The fraction of sp³-hybridized carbons (Fsp3) is 0.304. The zero-order chi connectivity index (χ0) is 23.7. The Balaban J connectivity index is 1.36. The van der Waals surface area contributed by atoms with Crippen LogP contribution in [0.2, 0.25) is 5.02 Å². The number of nitrogens with zero attached hydrogens (tertiary/aromatic N) is 7. The number of hydrogen-bond acceptors (Lipinski definition) is 9. The molecule has 10 nitrogen and oxygen atoms in total. The van der Waals surface area contributed by atoms with E-state index >= 15 is 0 Å². The van der Waals surface area contributed by atoms with Gasteiger partial charge >= 0.3 is 0 Å². The van der Waals surface area contributed by atoms with Crippen LogP contribution in [0.25, 0.3) is 16.9 Å². The maximum absolute atomic E-state index is 6.37. The Morgan fingerprint density at radius 1 is 0.941 bits per heavy atom. The van der Waals surface area contributed by atoms with Crippen molar-refractivity contribution in [1.82, 2.24) is 24.3 Å². The molecule has 1 fully saturated rings. The lowest BCUT2D eigenvalue weighted by Gasteiger charge is -2.36. The predicted octanol–water partition coefficient (Wildman–Crippen LogP) is 3.23. The highest BCUT2D eigenvalue weighted by Crippen LogP contribution is 2.38. The Kier molecular flexibility index (Phi) is 5.97. The van der Waals surface area contributed by atoms with Gasteiger partial charge in [-0.3, -0.25) is 0 Å². The Morgan fingerprint density at radius 2 is 1.71 bits per heavy atom. The van der Waals surface area contributed by atoms with Crippen molar-refractivity contribution < 1.29 is 9.47 Å². The molecule has 0 radical (unpaired) electrons. The van der Waals surface area contributed by atoms with E-state index in [0.29, 0.717) is 28.4 Å². The normalized spacial score (nSPS) is 13.9. The molecule has 1 N–H and O–H groups in total. The lowest BCUT2D eigenvalue weighted by Crippen LogP contribution is -2.47. The molecule has 0 spiro atoms. The molecule has 34 heavy (non-hydrogen) atoms. The minimum atomic E-state index is 0.508. The van der Waals surface area contributed by atoms with Crippen LogP contribution in [0.5, 0.6) is 11.5 Å². The summed E-state index contributed by atoms with van der Waals surface area (Å²) in [7, 11) is 5.00. The molecule has 1 aliphatic rings. The number of hydrogen-bond donors (Lipinski definition) is 1. The van der Waals surface area contributed by atoms with Gasteiger partial charge in [-0.1, -0.05) is 11.6 Å². The van der Waals surface area contributed by atoms with Gasteiger partial charge in [-0.15, -0.1) is 0 Å². The molecule has 0 aliphatic carbocycles. The first-order valence-electron chi connectivity index (χ1n) is 10.9. The van der Waals surface area contributed by atoms with Gasteiger partial charge in [0.1, 0.15) is 23.5 Å². The van der Waals surface area contributed by atoms with Crippen LogP contribution in [0.3, 0.4) is 0 Å². The molecular weight excluding hydrogens is 456 g/mol. The number of imidazole rings is 1. The maximum atomic E-state index is 6.37. The van der Waals surface area contributed by atoms with Crippen molar-refractivity contribution in [1.29, 1.82) is 0 Å². The van der Waals surface area contributed by atoms with Crippen LogP contribution in [0.4, 0.5) is 17.6 Å². The highest BCUT2D eigenvalue weighted by molar-refractivity contribution is 6.32. The van der Waals surface area contributed by atoms with E-state index in [1.54, 1.807) is 27.3 Å². The van der Waals surface area contributed by atoms with E-state index in [4.69, 9.17) is 26.1 Å². The second-order valence-corrected chi connectivity index (χ2v) is 8.20. The molecule has 1 aliphatic heterocycles. The zero-order valence-electron chi connectivity index (χ0n) is 19.2. The van der Waals surface area contributed by atoms with E-state index in [1.165, 1.54) is 6.33 Å². The van der Waals surface area contributed by atoms with Crippen molar-refractivity contribution >= 4 is 34.8 Å². The van der Waals surface area contributed by atoms with Crippen molar-refractivity contribution in [3.05, 3.63) is 48.0 Å². The third-order valence-corrected chi connectivity index (χ3v) is 6.20. The van der Waals surface area contributed by atoms with Crippen molar-refractivity contribution in [3.8, 4) is 22.8 Å². The Labute approximate surface area is 202 Å². The van der Waals surface area contributed by atoms with E-state index in [9.17, 15) is 0 Å². The average Bonchev–Trinajstić information content (AvgIpc) is 3.32. The SMILES string of the molecule is CNc1ncnc(N2CCN(c3ccn4cc(-c5cc(Cl)c(OC)cc5OC)nc4c3)CC2)n1. The van der Waals surface area contributed by atoms with Crippen LogP contribution >= 0.6 is 11.6 Å². The van der Waals surface area contributed by atoms with Crippen molar-refractivity contribution in [2.45, 2.75) is 0 Å². The van der Waals surface area contributed by atoms with Gasteiger partial charge in [-0.2, -0.15) is 4.98 Å².